The number of hydrogen-bond acceptors (Lipinski definition) is 7. The molecule has 9 heteroatoms. The standard InChI is InChI=1S/C30H47N3O6/c1-4-5-15-32(16-8-14-31(2)3)28(34)20-33-19-24(22-10-13-26-27(18-22)39-21-38-26)29(30(35)36)25(33)12-11-23-9-6-7-17-37-23/h10,13,18,23-25,29H,4-9,11-12,14-17,19-21H2,1-3H3,(H,35,36)/t23?,24-,25+,29-/m1/s1. The SMILES string of the molecule is CCCCN(CCCN(C)C)C(=O)CN1C[C@H](c2ccc3c(c2)OCO3)[C@@H](C(=O)O)[C@@H]1CCC1CCCCO1. The van der Waals surface area contributed by atoms with Crippen molar-refractivity contribution in [2.24, 2.45) is 5.92 Å². The highest BCUT2D eigenvalue weighted by molar-refractivity contribution is 5.79. The summed E-state index contributed by atoms with van der Waals surface area (Å²) in [4.78, 5) is 32.7. The molecule has 1 aromatic rings. The average Bonchev–Trinajstić information content (AvgIpc) is 3.54. The first-order valence-corrected chi connectivity index (χ1v) is 14.8. The van der Waals surface area contributed by atoms with Crippen LogP contribution in [0.3, 0.4) is 0 Å². The van der Waals surface area contributed by atoms with Crippen LogP contribution in [0.2, 0.25) is 0 Å². The van der Waals surface area contributed by atoms with Gasteiger partial charge in [0.15, 0.2) is 11.5 Å². The Hall–Kier alpha value is -2.36. The van der Waals surface area contributed by atoms with Gasteiger partial charge in [-0.2, -0.15) is 0 Å². The fraction of sp³-hybridized carbons (Fsp3) is 0.733. The summed E-state index contributed by atoms with van der Waals surface area (Å²) >= 11 is 0. The van der Waals surface area contributed by atoms with Gasteiger partial charge >= 0.3 is 5.97 Å². The Labute approximate surface area is 233 Å². The summed E-state index contributed by atoms with van der Waals surface area (Å²) < 4.78 is 17.1. The second kappa shape index (κ2) is 14.3. The molecule has 1 unspecified atom stereocenters. The van der Waals surface area contributed by atoms with Gasteiger partial charge in [-0.15, -0.1) is 0 Å². The molecular weight excluding hydrogens is 498 g/mol. The maximum Gasteiger partial charge on any atom is 0.308 e. The number of amides is 1. The predicted octanol–water partition coefficient (Wildman–Crippen LogP) is 3.81. The van der Waals surface area contributed by atoms with Crippen LogP contribution in [0, 0.1) is 5.92 Å². The molecule has 4 atom stereocenters. The number of aliphatic carboxylic acids is 1. The van der Waals surface area contributed by atoms with Crippen LogP contribution in [0.4, 0.5) is 0 Å². The number of rotatable bonds is 14. The van der Waals surface area contributed by atoms with Crippen LogP contribution in [-0.2, 0) is 14.3 Å². The number of hydrogen-bond donors (Lipinski definition) is 1. The van der Waals surface area contributed by atoms with Crippen LogP contribution in [0.15, 0.2) is 18.2 Å². The lowest BCUT2D eigenvalue weighted by atomic mass is 9.83. The molecule has 0 radical (unpaired) electrons. The van der Waals surface area contributed by atoms with Crippen LogP contribution < -0.4 is 9.47 Å². The maximum absolute atomic E-state index is 13.7. The summed E-state index contributed by atoms with van der Waals surface area (Å²) in [7, 11) is 4.09. The number of likely N-dealkylation sites (tertiary alicyclic amines) is 1. The first-order valence-electron chi connectivity index (χ1n) is 14.8. The molecular formula is C30H47N3O6. The number of carbonyl (C=O) groups excluding carboxylic acids is 1. The van der Waals surface area contributed by atoms with E-state index >= 15 is 0 Å². The van der Waals surface area contributed by atoms with Crippen LogP contribution in [-0.4, -0.2) is 104 Å². The molecule has 2 fully saturated rings. The number of carbonyl (C=O) groups is 2. The molecule has 3 aliphatic heterocycles. The highest BCUT2D eigenvalue weighted by atomic mass is 16.7. The number of unbranched alkanes of at least 4 members (excludes halogenated alkanes) is 1. The monoisotopic (exact) mass is 545 g/mol. The van der Waals surface area contributed by atoms with Crippen LogP contribution in [0.25, 0.3) is 0 Å². The van der Waals surface area contributed by atoms with E-state index in [1.165, 1.54) is 0 Å². The Morgan fingerprint density at radius 3 is 2.56 bits per heavy atom. The molecule has 0 spiro atoms. The van der Waals surface area contributed by atoms with Gasteiger partial charge in [0.1, 0.15) is 0 Å². The van der Waals surface area contributed by atoms with Crippen molar-refractivity contribution < 1.29 is 28.9 Å². The van der Waals surface area contributed by atoms with Crippen LogP contribution >= 0.6 is 0 Å². The lowest BCUT2D eigenvalue weighted by Gasteiger charge is -2.31. The highest BCUT2D eigenvalue weighted by Gasteiger charge is 2.47. The van der Waals surface area contributed by atoms with Gasteiger partial charge in [-0.05, 0) is 83.3 Å². The van der Waals surface area contributed by atoms with E-state index in [1.807, 2.05) is 37.2 Å². The minimum atomic E-state index is -0.809. The van der Waals surface area contributed by atoms with Gasteiger partial charge in [-0.3, -0.25) is 14.5 Å². The van der Waals surface area contributed by atoms with Gasteiger partial charge in [0, 0.05) is 38.2 Å². The van der Waals surface area contributed by atoms with Crippen LogP contribution in [0.5, 0.6) is 11.5 Å². The third-order valence-electron chi connectivity index (χ3n) is 8.42. The summed E-state index contributed by atoms with van der Waals surface area (Å²) in [5.74, 6) is -0.219. The van der Waals surface area contributed by atoms with Gasteiger partial charge in [-0.1, -0.05) is 19.4 Å². The van der Waals surface area contributed by atoms with Crippen molar-refractivity contribution in [3.63, 3.8) is 0 Å². The van der Waals surface area contributed by atoms with Crippen LogP contribution in [0.1, 0.15) is 69.8 Å². The summed E-state index contributed by atoms with van der Waals surface area (Å²) in [5, 5.41) is 10.5. The van der Waals surface area contributed by atoms with E-state index in [0.29, 0.717) is 24.5 Å². The van der Waals surface area contributed by atoms with Gasteiger partial charge in [0.05, 0.1) is 18.6 Å². The van der Waals surface area contributed by atoms with Gasteiger partial charge in [-0.25, -0.2) is 0 Å². The molecule has 1 aromatic carbocycles. The molecule has 3 aliphatic rings. The smallest absolute Gasteiger partial charge is 0.308 e. The number of ether oxygens (including phenoxy) is 3. The fourth-order valence-electron chi connectivity index (χ4n) is 6.29. The lowest BCUT2D eigenvalue weighted by molar-refractivity contribution is -0.144. The molecule has 1 N–H and O–H groups in total. The zero-order valence-electron chi connectivity index (χ0n) is 24.0. The minimum absolute atomic E-state index is 0.0941. The molecule has 9 nitrogen and oxygen atoms in total. The van der Waals surface area contributed by atoms with E-state index in [4.69, 9.17) is 14.2 Å². The molecule has 2 saturated heterocycles. The summed E-state index contributed by atoms with van der Waals surface area (Å²) in [6.45, 7) is 6.25. The van der Waals surface area contributed by atoms with E-state index in [9.17, 15) is 14.7 Å². The van der Waals surface area contributed by atoms with E-state index in [0.717, 1.165) is 76.8 Å². The normalized spacial score (nSPS) is 24.8. The number of carboxylic acids is 1. The first kappa shape index (κ1) is 29.6. The molecule has 4 rings (SSSR count). The van der Waals surface area contributed by atoms with Gasteiger partial charge in [0.25, 0.3) is 0 Å². The molecule has 0 aromatic heterocycles. The first-order chi connectivity index (χ1) is 18.9. The molecule has 0 bridgehead atoms. The molecule has 0 aliphatic carbocycles. The van der Waals surface area contributed by atoms with E-state index < -0.39 is 11.9 Å². The molecule has 1 amide bonds. The Bertz CT molecular complexity index is 951. The van der Waals surface area contributed by atoms with Gasteiger partial charge in [0.2, 0.25) is 12.7 Å². The minimum Gasteiger partial charge on any atom is -0.481 e. The zero-order chi connectivity index (χ0) is 27.8. The van der Waals surface area contributed by atoms with Crippen molar-refractivity contribution in [2.45, 2.75) is 76.4 Å². The largest absolute Gasteiger partial charge is 0.481 e. The Morgan fingerprint density at radius 2 is 1.85 bits per heavy atom. The van der Waals surface area contributed by atoms with Gasteiger partial charge < -0.3 is 29.1 Å². The lowest BCUT2D eigenvalue weighted by Crippen LogP contribution is -2.45. The number of benzene rings is 1. The Kier molecular flexibility index (Phi) is 10.9. The van der Waals surface area contributed by atoms with E-state index in [1.54, 1.807) is 0 Å². The van der Waals surface area contributed by atoms with Crippen molar-refractivity contribution in [3.05, 3.63) is 23.8 Å². The number of fused-ring (bicyclic) bond motifs is 1. The maximum atomic E-state index is 13.7. The number of carboxylic acid groups (broad SMARTS) is 1. The average molecular weight is 546 g/mol. The van der Waals surface area contributed by atoms with E-state index in [-0.39, 0.29) is 37.3 Å². The zero-order valence-corrected chi connectivity index (χ0v) is 24.0. The third-order valence-corrected chi connectivity index (χ3v) is 8.42. The molecule has 39 heavy (non-hydrogen) atoms. The highest BCUT2D eigenvalue weighted by Crippen LogP contribution is 2.43. The molecule has 3 heterocycles. The van der Waals surface area contributed by atoms with Crippen molar-refractivity contribution in [1.82, 2.24) is 14.7 Å². The number of nitrogens with zero attached hydrogens (tertiary/aromatic N) is 3. The van der Waals surface area contributed by atoms with Crippen molar-refractivity contribution in [2.75, 3.05) is 60.2 Å². The predicted molar refractivity (Wildman–Crippen MR) is 149 cm³/mol. The quantitative estimate of drug-likeness (QED) is 0.377. The summed E-state index contributed by atoms with van der Waals surface area (Å²) in [5.41, 5.74) is 0.925. The van der Waals surface area contributed by atoms with Crippen molar-refractivity contribution in [1.29, 1.82) is 0 Å². The topological polar surface area (TPSA) is 91.8 Å². The van der Waals surface area contributed by atoms with E-state index in [2.05, 4.69) is 16.7 Å². The molecule has 0 saturated carbocycles. The van der Waals surface area contributed by atoms with Crippen molar-refractivity contribution >= 4 is 11.9 Å². The summed E-state index contributed by atoms with van der Waals surface area (Å²) in [6, 6.07) is 5.51. The second-order valence-electron chi connectivity index (χ2n) is 11.5. The Morgan fingerprint density at radius 1 is 1.05 bits per heavy atom. The summed E-state index contributed by atoms with van der Waals surface area (Å²) in [6.07, 6.45) is 7.86. The fourth-order valence-corrected chi connectivity index (χ4v) is 6.29. The Balaban J connectivity index is 1.53. The molecule has 218 valence electrons. The third kappa shape index (κ3) is 7.86. The second-order valence-corrected chi connectivity index (χ2v) is 11.5. The van der Waals surface area contributed by atoms with Crippen molar-refractivity contribution in [3.8, 4) is 11.5 Å².